The highest BCUT2D eigenvalue weighted by Gasteiger charge is 2.20. The predicted octanol–water partition coefficient (Wildman–Crippen LogP) is 2.94. The molecule has 24 heavy (non-hydrogen) atoms. The second kappa shape index (κ2) is 7.88. The van der Waals surface area contributed by atoms with E-state index in [1.807, 2.05) is 26.0 Å². The van der Waals surface area contributed by atoms with Gasteiger partial charge in [-0.05, 0) is 38.1 Å². The molecule has 0 aromatic heterocycles. The van der Waals surface area contributed by atoms with Crippen molar-refractivity contribution in [2.45, 2.75) is 29.7 Å². The van der Waals surface area contributed by atoms with Crippen LogP contribution in [-0.4, -0.2) is 24.4 Å². The Labute approximate surface area is 146 Å². The molecule has 0 aliphatic rings. The van der Waals surface area contributed by atoms with Crippen LogP contribution >= 0.6 is 0 Å². The lowest BCUT2D eigenvalue weighted by Crippen LogP contribution is -2.37. The van der Waals surface area contributed by atoms with Crippen LogP contribution in [0.4, 0.5) is 0 Å². The molecule has 2 aromatic carbocycles. The minimum atomic E-state index is -3.68. The number of rotatable bonds is 7. The third-order valence-electron chi connectivity index (χ3n) is 3.54. The van der Waals surface area contributed by atoms with E-state index in [2.05, 4.69) is 11.3 Å². The van der Waals surface area contributed by atoms with Crippen molar-refractivity contribution >= 4 is 20.8 Å². The number of nitrogens with one attached hydrogen (secondary N) is 1. The normalized spacial score (nSPS) is 14.1. The van der Waals surface area contributed by atoms with E-state index in [0.29, 0.717) is 4.90 Å². The van der Waals surface area contributed by atoms with Gasteiger partial charge in [-0.15, -0.1) is 6.58 Å². The third-order valence-corrected chi connectivity index (χ3v) is 6.50. The topological polar surface area (TPSA) is 63.2 Å². The maximum Gasteiger partial charge on any atom is 0.241 e. The van der Waals surface area contributed by atoms with Gasteiger partial charge in [0.25, 0.3) is 0 Å². The van der Waals surface area contributed by atoms with Crippen molar-refractivity contribution in [2.24, 2.45) is 0 Å². The highest BCUT2D eigenvalue weighted by molar-refractivity contribution is 7.89. The number of benzene rings is 2. The zero-order valence-electron chi connectivity index (χ0n) is 13.7. The van der Waals surface area contributed by atoms with Crippen LogP contribution in [0.2, 0.25) is 0 Å². The van der Waals surface area contributed by atoms with Gasteiger partial charge in [0.2, 0.25) is 10.0 Å². The number of aryl methyl sites for hydroxylation is 2. The molecule has 2 aromatic rings. The molecule has 6 heteroatoms. The molecule has 0 fully saturated rings. The summed E-state index contributed by atoms with van der Waals surface area (Å²) in [4.78, 5) is 0.850. The highest BCUT2D eigenvalue weighted by atomic mass is 32.2. The van der Waals surface area contributed by atoms with Gasteiger partial charge >= 0.3 is 0 Å². The van der Waals surface area contributed by atoms with Gasteiger partial charge < -0.3 is 0 Å². The summed E-state index contributed by atoms with van der Waals surface area (Å²) < 4.78 is 39.8. The van der Waals surface area contributed by atoms with Gasteiger partial charge in [0.15, 0.2) is 0 Å². The van der Waals surface area contributed by atoms with E-state index >= 15 is 0 Å². The first-order valence-corrected chi connectivity index (χ1v) is 10.3. The molecule has 2 rings (SSSR count). The average Bonchev–Trinajstić information content (AvgIpc) is 2.55. The molecule has 0 saturated carbocycles. The Morgan fingerprint density at radius 1 is 1.04 bits per heavy atom. The molecular formula is C18H21NO3S2. The molecule has 0 saturated heterocycles. The van der Waals surface area contributed by atoms with Crippen LogP contribution < -0.4 is 4.72 Å². The van der Waals surface area contributed by atoms with Crippen LogP contribution in [-0.2, 0) is 20.8 Å². The zero-order valence-corrected chi connectivity index (χ0v) is 15.4. The van der Waals surface area contributed by atoms with Crippen molar-refractivity contribution in [3.63, 3.8) is 0 Å². The number of sulfonamides is 1. The molecule has 128 valence electrons. The van der Waals surface area contributed by atoms with Gasteiger partial charge in [0.05, 0.1) is 21.7 Å². The maximum absolute atomic E-state index is 12.4. The molecule has 0 aliphatic carbocycles. The van der Waals surface area contributed by atoms with Crippen molar-refractivity contribution in [2.75, 3.05) is 5.75 Å². The third kappa shape index (κ3) is 4.87. The van der Waals surface area contributed by atoms with Crippen LogP contribution in [0.1, 0.15) is 11.1 Å². The summed E-state index contributed by atoms with van der Waals surface area (Å²) >= 11 is 0. The predicted molar refractivity (Wildman–Crippen MR) is 97.9 cm³/mol. The van der Waals surface area contributed by atoms with E-state index in [9.17, 15) is 12.6 Å². The minimum absolute atomic E-state index is 0.137. The molecule has 0 heterocycles. The molecule has 0 spiro atoms. The molecule has 0 bridgehead atoms. The van der Waals surface area contributed by atoms with Gasteiger partial charge in [0.1, 0.15) is 0 Å². The Morgan fingerprint density at radius 2 is 1.54 bits per heavy atom. The lowest BCUT2D eigenvalue weighted by molar-refractivity contribution is 0.576. The summed E-state index contributed by atoms with van der Waals surface area (Å²) in [7, 11) is -4.99. The summed E-state index contributed by atoms with van der Waals surface area (Å²) in [5.41, 5.74) is 2.06. The minimum Gasteiger partial charge on any atom is -0.254 e. The maximum atomic E-state index is 12.4. The molecule has 0 amide bonds. The zero-order chi connectivity index (χ0) is 17.7. The van der Waals surface area contributed by atoms with E-state index in [-0.39, 0.29) is 10.6 Å². The molecular weight excluding hydrogens is 342 g/mol. The SMILES string of the molecule is C=C[C@H](C[S@@](=O)c1ccc(C)cc1)NS(=O)(=O)c1ccc(C)cc1. The Kier molecular flexibility index (Phi) is 6.10. The summed E-state index contributed by atoms with van der Waals surface area (Å²) in [5, 5.41) is 0. The van der Waals surface area contributed by atoms with Gasteiger partial charge in [-0.1, -0.05) is 41.5 Å². The van der Waals surface area contributed by atoms with Crippen molar-refractivity contribution in [3.05, 3.63) is 72.3 Å². The van der Waals surface area contributed by atoms with E-state index in [4.69, 9.17) is 0 Å². The van der Waals surface area contributed by atoms with E-state index < -0.39 is 26.9 Å². The smallest absolute Gasteiger partial charge is 0.241 e. The van der Waals surface area contributed by atoms with Gasteiger partial charge in [0, 0.05) is 10.6 Å². The lowest BCUT2D eigenvalue weighted by atomic mass is 10.2. The largest absolute Gasteiger partial charge is 0.254 e. The van der Waals surface area contributed by atoms with Crippen LogP contribution in [0, 0.1) is 13.8 Å². The highest BCUT2D eigenvalue weighted by Crippen LogP contribution is 2.13. The van der Waals surface area contributed by atoms with Crippen LogP contribution in [0.15, 0.2) is 71.0 Å². The second-order valence-electron chi connectivity index (χ2n) is 5.60. The van der Waals surface area contributed by atoms with E-state index in [1.54, 1.807) is 36.4 Å². The Balaban J connectivity index is 2.11. The standard InChI is InChI=1S/C18H21NO3S2/c1-4-16(13-23(20)17-9-5-14(2)6-10-17)19-24(21,22)18-11-7-15(3)8-12-18/h4-12,16,19H,1,13H2,2-3H3/t16-,23-/m1/s1. The van der Waals surface area contributed by atoms with E-state index in [0.717, 1.165) is 11.1 Å². The Morgan fingerprint density at radius 3 is 2.04 bits per heavy atom. The fourth-order valence-electron chi connectivity index (χ4n) is 2.08. The molecule has 1 N–H and O–H groups in total. The number of hydrogen-bond donors (Lipinski definition) is 1. The molecule has 4 nitrogen and oxygen atoms in total. The first kappa shape index (κ1) is 18.6. The summed E-state index contributed by atoms with van der Waals surface area (Å²) in [6.07, 6.45) is 1.47. The summed E-state index contributed by atoms with van der Waals surface area (Å²) in [5.74, 6) is 0.137. The fraction of sp³-hybridized carbons (Fsp3) is 0.222. The number of hydrogen-bond acceptors (Lipinski definition) is 3. The monoisotopic (exact) mass is 363 g/mol. The molecule has 2 atom stereocenters. The van der Waals surface area contributed by atoms with Crippen molar-refractivity contribution in [3.8, 4) is 0 Å². The van der Waals surface area contributed by atoms with Crippen LogP contribution in [0.3, 0.4) is 0 Å². The Bertz CT molecular complexity index is 826. The first-order chi connectivity index (χ1) is 11.3. The van der Waals surface area contributed by atoms with Crippen molar-refractivity contribution in [1.82, 2.24) is 4.72 Å². The van der Waals surface area contributed by atoms with Gasteiger partial charge in [-0.3, -0.25) is 4.21 Å². The quantitative estimate of drug-likeness (QED) is 0.769. The molecule has 0 aliphatic heterocycles. The molecule has 0 unspecified atom stereocenters. The van der Waals surface area contributed by atoms with Crippen molar-refractivity contribution < 1.29 is 12.6 Å². The average molecular weight is 364 g/mol. The van der Waals surface area contributed by atoms with Crippen LogP contribution in [0.5, 0.6) is 0 Å². The first-order valence-electron chi connectivity index (χ1n) is 7.48. The van der Waals surface area contributed by atoms with E-state index in [1.165, 1.54) is 6.08 Å². The molecule has 0 radical (unpaired) electrons. The summed E-state index contributed by atoms with van der Waals surface area (Å²) in [6.45, 7) is 7.50. The van der Waals surface area contributed by atoms with Gasteiger partial charge in [-0.2, -0.15) is 0 Å². The van der Waals surface area contributed by atoms with Crippen molar-refractivity contribution in [1.29, 1.82) is 0 Å². The summed E-state index contributed by atoms with van der Waals surface area (Å²) in [6, 6.07) is 13.3. The fourth-order valence-corrected chi connectivity index (χ4v) is 4.58. The Hall–Kier alpha value is -1.76. The lowest BCUT2D eigenvalue weighted by Gasteiger charge is -2.15. The second-order valence-corrected chi connectivity index (χ2v) is 8.81. The van der Waals surface area contributed by atoms with Gasteiger partial charge in [-0.25, -0.2) is 13.1 Å². The van der Waals surface area contributed by atoms with Crippen LogP contribution in [0.25, 0.3) is 0 Å².